The second-order valence-corrected chi connectivity index (χ2v) is 12.7. The first-order chi connectivity index (χ1) is 25.8. The number of benzene rings is 8. The Labute approximate surface area is 303 Å². The van der Waals surface area contributed by atoms with Crippen molar-refractivity contribution in [3.05, 3.63) is 212 Å². The van der Waals surface area contributed by atoms with Gasteiger partial charge in [0.15, 0.2) is 0 Å². The molecule has 4 heteroatoms. The Hall–Kier alpha value is -7.04. The Morgan fingerprint density at radius 2 is 0.558 bits per heavy atom. The predicted molar refractivity (Wildman–Crippen MR) is 218 cm³/mol. The topological polar surface area (TPSA) is 22.9 Å². The molecule has 0 fully saturated rings. The second kappa shape index (κ2) is 13.7. The molecule has 52 heavy (non-hydrogen) atoms. The fraction of sp³-hybridized carbons (Fsp3) is 0. The third-order valence-corrected chi connectivity index (χ3v) is 9.39. The van der Waals surface area contributed by atoms with E-state index in [1.54, 1.807) is 0 Å². The first-order valence-electron chi connectivity index (χ1n) is 17.5. The van der Waals surface area contributed by atoms with Crippen LogP contribution in [0.5, 0.6) is 0 Å². The van der Waals surface area contributed by atoms with Crippen LogP contribution in [0.4, 0.5) is 51.2 Å². The van der Waals surface area contributed by atoms with Gasteiger partial charge in [-0.15, -0.1) is 0 Å². The van der Waals surface area contributed by atoms with E-state index in [-0.39, 0.29) is 0 Å². The molecule has 9 aromatic rings. The van der Waals surface area contributed by atoms with Crippen molar-refractivity contribution in [3.8, 4) is 0 Å². The number of hydrogen-bond acceptors (Lipinski definition) is 4. The first-order valence-corrected chi connectivity index (χ1v) is 17.5. The van der Waals surface area contributed by atoms with E-state index in [2.05, 4.69) is 215 Å². The molecule has 0 aliphatic carbocycles. The smallest absolute Gasteiger partial charge is 0.135 e. The van der Waals surface area contributed by atoms with Crippen LogP contribution < -0.4 is 14.7 Å². The molecular weight excluding hydrogens is 635 g/mol. The molecule has 0 atom stereocenters. The van der Waals surface area contributed by atoms with Gasteiger partial charge in [0.25, 0.3) is 0 Å². The lowest BCUT2D eigenvalue weighted by Crippen LogP contribution is -2.13. The van der Waals surface area contributed by atoms with Crippen LogP contribution in [0.3, 0.4) is 0 Å². The molecule has 0 radical (unpaired) electrons. The number of anilines is 9. The Morgan fingerprint density at radius 1 is 0.231 bits per heavy atom. The maximum Gasteiger partial charge on any atom is 0.135 e. The van der Waals surface area contributed by atoms with Crippen molar-refractivity contribution in [2.75, 3.05) is 14.7 Å². The van der Waals surface area contributed by atoms with Crippen LogP contribution in [-0.2, 0) is 0 Å². The number of furan rings is 1. The number of hydrogen-bond donors (Lipinski definition) is 0. The molecule has 0 saturated heterocycles. The molecule has 4 nitrogen and oxygen atoms in total. The maximum atomic E-state index is 6.17. The molecule has 8 aromatic carbocycles. The van der Waals surface area contributed by atoms with Crippen molar-refractivity contribution in [1.82, 2.24) is 0 Å². The number of fused-ring (bicyclic) bond motifs is 3. The van der Waals surface area contributed by atoms with E-state index in [1.165, 1.54) is 0 Å². The summed E-state index contributed by atoms with van der Waals surface area (Å²) in [6.45, 7) is 0. The lowest BCUT2D eigenvalue weighted by atomic mass is 10.1. The monoisotopic (exact) mass is 669 g/mol. The van der Waals surface area contributed by atoms with Gasteiger partial charge in [0, 0.05) is 62.0 Å². The number of para-hydroxylation sites is 5. The molecule has 0 N–H and O–H groups in total. The fourth-order valence-electron chi connectivity index (χ4n) is 7.03. The Bertz CT molecular complexity index is 2530. The molecule has 0 amide bonds. The minimum Gasteiger partial charge on any atom is -0.456 e. The summed E-state index contributed by atoms with van der Waals surface area (Å²) in [6, 6.07) is 74.4. The Morgan fingerprint density at radius 3 is 1.02 bits per heavy atom. The summed E-state index contributed by atoms with van der Waals surface area (Å²) in [5.74, 6) is 0. The molecule has 0 bridgehead atoms. The summed E-state index contributed by atoms with van der Waals surface area (Å²) in [7, 11) is 0. The van der Waals surface area contributed by atoms with Gasteiger partial charge in [0.1, 0.15) is 11.2 Å². The van der Waals surface area contributed by atoms with Gasteiger partial charge < -0.3 is 19.1 Å². The van der Waals surface area contributed by atoms with Crippen molar-refractivity contribution in [3.63, 3.8) is 0 Å². The molecule has 0 saturated carbocycles. The van der Waals surface area contributed by atoms with Crippen LogP contribution in [0.1, 0.15) is 0 Å². The molecule has 0 spiro atoms. The van der Waals surface area contributed by atoms with Gasteiger partial charge in [0.2, 0.25) is 0 Å². The maximum absolute atomic E-state index is 6.17. The summed E-state index contributed by atoms with van der Waals surface area (Å²) in [6.07, 6.45) is 0. The Kier molecular flexibility index (Phi) is 8.16. The van der Waals surface area contributed by atoms with Crippen molar-refractivity contribution in [2.24, 2.45) is 0 Å². The van der Waals surface area contributed by atoms with E-state index in [9.17, 15) is 0 Å². The van der Waals surface area contributed by atoms with Crippen molar-refractivity contribution >= 4 is 73.1 Å². The molecule has 1 aromatic heterocycles. The third kappa shape index (κ3) is 5.93. The van der Waals surface area contributed by atoms with Crippen LogP contribution in [0.25, 0.3) is 21.9 Å². The zero-order valence-corrected chi connectivity index (χ0v) is 28.5. The fourth-order valence-corrected chi connectivity index (χ4v) is 7.03. The SMILES string of the molecule is c1ccc(N(c2ccccc2)c2cccc(N(c3ccccc3)c3ccc(N(c4ccccc4)c4ccc5oc6ccccc6c5c4)cc3)c2)cc1. The van der Waals surface area contributed by atoms with Crippen LogP contribution in [0.15, 0.2) is 217 Å². The van der Waals surface area contributed by atoms with E-state index in [0.29, 0.717) is 0 Å². The van der Waals surface area contributed by atoms with Crippen molar-refractivity contribution in [2.45, 2.75) is 0 Å². The average molecular weight is 670 g/mol. The molecule has 0 aliphatic rings. The molecule has 1 heterocycles. The summed E-state index contributed by atoms with van der Waals surface area (Å²) in [5.41, 5.74) is 11.5. The van der Waals surface area contributed by atoms with Crippen LogP contribution in [-0.4, -0.2) is 0 Å². The van der Waals surface area contributed by atoms with Gasteiger partial charge in [-0.05, 0) is 115 Å². The van der Waals surface area contributed by atoms with E-state index < -0.39 is 0 Å². The van der Waals surface area contributed by atoms with Crippen LogP contribution in [0.2, 0.25) is 0 Å². The third-order valence-electron chi connectivity index (χ3n) is 9.39. The lowest BCUT2D eigenvalue weighted by Gasteiger charge is -2.30. The van der Waals surface area contributed by atoms with Gasteiger partial charge in [0.05, 0.1) is 0 Å². The highest BCUT2D eigenvalue weighted by molar-refractivity contribution is 6.06. The minimum absolute atomic E-state index is 0.882. The Balaban J connectivity index is 1.14. The van der Waals surface area contributed by atoms with E-state index in [1.807, 2.05) is 12.1 Å². The quantitative estimate of drug-likeness (QED) is 0.153. The number of rotatable bonds is 9. The van der Waals surface area contributed by atoms with Crippen LogP contribution >= 0.6 is 0 Å². The highest BCUT2D eigenvalue weighted by atomic mass is 16.3. The van der Waals surface area contributed by atoms with Gasteiger partial charge in [-0.3, -0.25) is 0 Å². The zero-order valence-electron chi connectivity index (χ0n) is 28.5. The van der Waals surface area contributed by atoms with E-state index >= 15 is 0 Å². The molecule has 0 aliphatic heterocycles. The zero-order chi connectivity index (χ0) is 34.7. The van der Waals surface area contributed by atoms with Crippen LogP contribution in [0, 0.1) is 0 Å². The highest BCUT2D eigenvalue weighted by Gasteiger charge is 2.19. The summed E-state index contributed by atoms with van der Waals surface area (Å²) in [5, 5.41) is 2.21. The predicted octanol–water partition coefficient (Wildman–Crippen LogP) is 14.0. The molecule has 248 valence electrons. The minimum atomic E-state index is 0.882. The largest absolute Gasteiger partial charge is 0.456 e. The van der Waals surface area contributed by atoms with E-state index in [4.69, 9.17) is 4.42 Å². The second-order valence-electron chi connectivity index (χ2n) is 12.7. The van der Waals surface area contributed by atoms with Crippen molar-refractivity contribution in [1.29, 1.82) is 0 Å². The standard InChI is InChI=1S/C48H35N3O/c1-5-16-36(17-6-1)49(37-18-7-2-8-19-37)42-24-15-25-43(34-42)50(38-20-9-3-10-21-38)40-28-30-41(31-29-40)51(39-22-11-4-12-23-39)44-32-33-48-46(35-44)45-26-13-14-27-47(45)52-48/h1-35H. The molecular formula is C48H35N3O. The summed E-state index contributed by atoms with van der Waals surface area (Å²) in [4.78, 5) is 6.92. The number of nitrogens with zero attached hydrogens (tertiary/aromatic N) is 3. The van der Waals surface area contributed by atoms with Gasteiger partial charge in [-0.2, -0.15) is 0 Å². The summed E-state index contributed by atoms with van der Waals surface area (Å²) >= 11 is 0. The average Bonchev–Trinajstić information content (AvgIpc) is 3.59. The van der Waals surface area contributed by atoms with E-state index in [0.717, 1.165) is 73.1 Å². The van der Waals surface area contributed by atoms with Gasteiger partial charge >= 0.3 is 0 Å². The van der Waals surface area contributed by atoms with Crippen molar-refractivity contribution < 1.29 is 4.42 Å². The molecule has 9 rings (SSSR count). The normalized spacial score (nSPS) is 11.1. The highest BCUT2D eigenvalue weighted by Crippen LogP contribution is 2.43. The summed E-state index contributed by atoms with van der Waals surface area (Å²) < 4.78 is 6.17. The lowest BCUT2D eigenvalue weighted by molar-refractivity contribution is 0.669. The van der Waals surface area contributed by atoms with Gasteiger partial charge in [-0.25, -0.2) is 0 Å². The van der Waals surface area contributed by atoms with Gasteiger partial charge in [-0.1, -0.05) is 97.1 Å². The first kappa shape index (κ1) is 31.0. The molecule has 0 unspecified atom stereocenters.